The third kappa shape index (κ3) is 6.09. The molecule has 31 heavy (non-hydrogen) atoms. The maximum Gasteiger partial charge on any atom is 0.341 e. The van der Waals surface area contributed by atoms with Gasteiger partial charge in [-0.05, 0) is 44.1 Å². The highest BCUT2D eigenvalue weighted by molar-refractivity contribution is 7.17. The normalized spacial score (nSPS) is 23.0. The topological polar surface area (TPSA) is 92.7 Å². The highest BCUT2D eigenvalue weighted by Crippen LogP contribution is 2.38. The van der Waals surface area contributed by atoms with Gasteiger partial charge in [0, 0.05) is 4.88 Å². The number of carbonyl (C=O) groups is 3. The molecule has 1 heterocycles. The Labute approximate surface area is 188 Å². The van der Waals surface area contributed by atoms with Gasteiger partial charge in [-0.2, -0.15) is 0 Å². The number of aryl methyl sites for hydroxylation is 1. The first-order valence-corrected chi connectivity index (χ1v) is 12.6. The number of amides is 1. The molecule has 2 aliphatic rings. The molecule has 2 N–H and O–H groups in total. The Balaban J connectivity index is 1.87. The van der Waals surface area contributed by atoms with Crippen LogP contribution in [0.2, 0.25) is 0 Å². The van der Waals surface area contributed by atoms with E-state index in [9.17, 15) is 19.5 Å². The quantitative estimate of drug-likeness (QED) is 0.585. The van der Waals surface area contributed by atoms with Crippen molar-refractivity contribution in [2.45, 2.75) is 89.9 Å². The summed E-state index contributed by atoms with van der Waals surface area (Å²) in [4.78, 5) is 38.6. The molecule has 0 saturated heterocycles. The number of carboxylic acid groups (broad SMARTS) is 1. The SMILES string of the molecule is COC(=O)c1c(NC(=O)C2CCCCC2C(=O)O)sc2c1CCCCCCCCCC2. The van der Waals surface area contributed by atoms with Crippen LogP contribution in [0.1, 0.15) is 97.8 Å². The number of anilines is 1. The van der Waals surface area contributed by atoms with E-state index in [2.05, 4.69) is 5.32 Å². The summed E-state index contributed by atoms with van der Waals surface area (Å²) < 4.78 is 5.08. The molecule has 3 rings (SSSR count). The molecule has 172 valence electrons. The van der Waals surface area contributed by atoms with Crippen LogP contribution in [-0.2, 0) is 27.2 Å². The van der Waals surface area contributed by atoms with E-state index in [1.54, 1.807) is 0 Å². The summed E-state index contributed by atoms with van der Waals surface area (Å²) in [7, 11) is 1.37. The molecular weight excluding hydrogens is 414 g/mol. The number of rotatable bonds is 4. The maximum atomic E-state index is 13.1. The maximum absolute atomic E-state index is 13.1. The summed E-state index contributed by atoms with van der Waals surface area (Å²) in [6, 6.07) is 0. The molecular formula is C24H35NO5S. The first kappa shape index (κ1) is 23.8. The zero-order valence-electron chi connectivity index (χ0n) is 18.5. The van der Waals surface area contributed by atoms with Crippen molar-refractivity contribution in [2.75, 3.05) is 12.4 Å². The summed E-state index contributed by atoms with van der Waals surface area (Å²) in [6.45, 7) is 0. The largest absolute Gasteiger partial charge is 0.481 e. The van der Waals surface area contributed by atoms with Crippen molar-refractivity contribution >= 4 is 34.2 Å². The monoisotopic (exact) mass is 449 g/mol. The number of carbonyl (C=O) groups excluding carboxylic acids is 2. The van der Waals surface area contributed by atoms with E-state index in [4.69, 9.17) is 4.74 Å². The number of carboxylic acids is 1. The molecule has 2 aliphatic carbocycles. The fraction of sp³-hybridized carbons (Fsp3) is 0.708. The van der Waals surface area contributed by atoms with Crippen molar-refractivity contribution in [3.8, 4) is 0 Å². The van der Waals surface area contributed by atoms with E-state index in [0.717, 1.165) is 55.4 Å². The number of nitrogens with one attached hydrogen (secondary N) is 1. The molecule has 1 aromatic rings. The minimum Gasteiger partial charge on any atom is -0.481 e. The lowest BCUT2D eigenvalue weighted by Crippen LogP contribution is -2.36. The zero-order chi connectivity index (χ0) is 22.2. The number of aliphatic carboxylic acids is 1. The molecule has 0 spiro atoms. The van der Waals surface area contributed by atoms with Crippen LogP contribution >= 0.6 is 11.3 Å². The highest BCUT2D eigenvalue weighted by atomic mass is 32.1. The van der Waals surface area contributed by atoms with Crippen LogP contribution in [-0.4, -0.2) is 30.1 Å². The summed E-state index contributed by atoms with van der Waals surface area (Å²) in [5.41, 5.74) is 1.50. The second-order valence-electron chi connectivity index (χ2n) is 8.85. The van der Waals surface area contributed by atoms with Crippen LogP contribution in [0.4, 0.5) is 5.00 Å². The van der Waals surface area contributed by atoms with Crippen LogP contribution in [0.5, 0.6) is 0 Å². The highest BCUT2D eigenvalue weighted by Gasteiger charge is 2.36. The van der Waals surface area contributed by atoms with E-state index in [1.165, 1.54) is 50.6 Å². The number of thiophene rings is 1. The Hall–Kier alpha value is -1.89. The summed E-state index contributed by atoms with van der Waals surface area (Å²) in [6.07, 6.45) is 13.9. The van der Waals surface area contributed by atoms with Gasteiger partial charge in [-0.15, -0.1) is 11.3 Å². The Bertz CT molecular complexity index is 787. The lowest BCUT2D eigenvalue weighted by molar-refractivity contribution is -0.147. The molecule has 0 aliphatic heterocycles. The molecule has 2 atom stereocenters. The first-order chi connectivity index (χ1) is 15.0. The molecule has 0 aromatic carbocycles. The molecule has 1 amide bonds. The van der Waals surface area contributed by atoms with E-state index in [0.29, 0.717) is 23.4 Å². The van der Waals surface area contributed by atoms with Crippen molar-refractivity contribution in [1.82, 2.24) is 0 Å². The Morgan fingerprint density at radius 2 is 1.45 bits per heavy atom. The predicted molar refractivity (Wildman–Crippen MR) is 122 cm³/mol. The van der Waals surface area contributed by atoms with Gasteiger partial charge in [0.2, 0.25) is 5.91 Å². The van der Waals surface area contributed by atoms with Crippen LogP contribution in [0, 0.1) is 11.8 Å². The zero-order valence-corrected chi connectivity index (χ0v) is 19.4. The number of fused-ring (bicyclic) bond motifs is 1. The fourth-order valence-electron chi connectivity index (χ4n) is 4.98. The number of methoxy groups -OCH3 is 1. The fourth-order valence-corrected chi connectivity index (χ4v) is 6.26. The lowest BCUT2D eigenvalue weighted by Gasteiger charge is -2.27. The van der Waals surface area contributed by atoms with Gasteiger partial charge in [0.1, 0.15) is 5.00 Å². The number of hydrogen-bond donors (Lipinski definition) is 2. The van der Waals surface area contributed by atoms with Gasteiger partial charge >= 0.3 is 11.9 Å². The van der Waals surface area contributed by atoms with Crippen molar-refractivity contribution in [3.63, 3.8) is 0 Å². The third-order valence-corrected chi connectivity index (χ3v) is 7.92. The first-order valence-electron chi connectivity index (χ1n) is 11.8. The van der Waals surface area contributed by atoms with Crippen molar-refractivity contribution < 1.29 is 24.2 Å². The Kier molecular flexibility index (Phi) is 8.93. The van der Waals surface area contributed by atoms with E-state index < -0.39 is 23.8 Å². The predicted octanol–water partition coefficient (Wildman–Crippen LogP) is 5.58. The van der Waals surface area contributed by atoms with Gasteiger partial charge in [-0.1, -0.05) is 51.4 Å². The van der Waals surface area contributed by atoms with Crippen molar-refractivity contribution in [3.05, 3.63) is 16.0 Å². The van der Waals surface area contributed by atoms with Gasteiger partial charge in [0.05, 0.1) is 24.5 Å². The summed E-state index contributed by atoms with van der Waals surface area (Å²) >= 11 is 1.48. The van der Waals surface area contributed by atoms with Crippen molar-refractivity contribution in [2.24, 2.45) is 11.8 Å². The molecule has 1 saturated carbocycles. The standard InChI is InChI=1S/C24H35NO5S/c1-30-24(29)20-18-14-8-6-4-2-3-5-7-9-15-19(18)31-22(20)25-21(26)16-12-10-11-13-17(16)23(27)28/h16-17H,2-15H2,1H3,(H,25,26)(H,27,28). The average Bonchev–Trinajstić information content (AvgIpc) is 3.09. The summed E-state index contributed by atoms with van der Waals surface area (Å²) in [5.74, 6) is -2.82. The van der Waals surface area contributed by atoms with Gasteiger partial charge in [0.25, 0.3) is 0 Å². The van der Waals surface area contributed by atoms with Crippen LogP contribution < -0.4 is 5.32 Å². The van der Waals surface area contributed by atoms with E-state index in [-0.39, 0.29) is 5.91 Å². The molecule has 0 bridgehead atoms. The molecule has 7 heteroatoms. The van der Waals surface area contributed by atoms with E-state index in [1.807, 2.05) is 0 Å². The third-order valence-electron chi connectivity index (χ3n) is 6.72. The van der Waals surface area contributed by atoms with Crippen LogP contribution in [0.15, 0.2) is 0 Å². The minimum atomic E-state index is -0.911. The van der Waals surface area contributed by atoms with Gasteiger partial charge < -0.3 is 15.2 Å². The molecule has 1 aromatic heterocycles. The molecule has 1 fully saturated rings. The Morgan fingerprint density at radius 1 is 0.871 bits per heavy atom. The number of hydrogen-bond acceptors (Lipinski definition) is 5. The van der Waals surface area contributed by atoms with E-state index >= 15 is 0 Å². The van der Waals surface area contributed by atoms with Gasteiger partial charge in [-0.3, -0.25) is 9.59 Å². The second-order valence-corrected chi connectivity index (χ2v) is 9.96. The minimum absolute atomic E-state index is 0.283. The van der Waals surface area contributed by atoms with Crippen molar-refractivity contribution in [1.29, 1.82) is 0 Å². The Morgan fingerprint density at radius 3 is 2.06 bits per heavy atom. The van der Waals surface area contributed by atoms with Gasteiger partial charge in [0.15, 0.2) is 0 Å². The lowest BCUT2D eigenvalue weighted by atomic mass is 9.78. The smallest absolute Gasteiger partial charge is 0.341 e. The summed E-state index contributed by atoms with van der Waals surface area (Å²) in [5, 5.41) is 13.0. The van der Waals surface area contributed by atoms with Crippen LogP contribution in [0.25, 0.3) is 0 Å². The van der Waals surface area contributed by atoms with Crippen LogP contribution in [0.3, 0.4) is 0 Å². The second kappa shape index (κ2) is 11.7. The molecule has 0 radical (unpaired) electrons. The van der Waals surface area contributed by atoms with Gasteiger partial charge in [-0.25, -0.2) is 4.79 Å². The number of esters is 1. The molecule has 6 nitrogen and oxygen atoms in total. The number of ether oxygens (including phenoxy) is 1. The molecule has 2 unspecified atom stereocenters. The average molecular weight is 450 g/mol.